The summed E-state index contributed by atoms with van der Waals surface area (Å²) in [5.74, 6) is -1.61. The minimum Gasteiger partial charge on any atom is -0.508 e. The van der Waals surface area contributed by atoms with Crippen LogP contribution in [0.3, 0.4) is 0 Å². The third-order valence-electron chi connectivity index (χ3n) is 2.56. The molecule has 0 fully saturated rings. The molecule has 0 saturated carbocycles. The molecule has 1 aromatic rings. The minimum atomic E-state index is -1.05. The van der Waals surface area contributed by atoms with Gasteiger partial charge in [0.15, 0.2) is 0 Å². The van der Waals surface area contributed by atoms with Gasteiger partial charge in [0.1, 0.15) is 23.2 Å². The summed E-state index contributed by atoms with van der Waals surface area (Å²) < 4.78 is 22.9. The van der Waals surface area contributed by atoms with Gasteiger partial charge >= 0.3 is 12.1 Å². The van der Waals surface area contributed by atoms with Gasteiger partial charge in [0.2, 0.25) is 0 Å². The van der Waals surface area contributed by atoms with Gasteiger partial charge in [0.25, 0.3) is 0 Å². The molecule has 0 aliphatic carbocycles. The van der Waals surface area contributed by atoms with Gasteiger partial charge in [-0.3, -0.25) is 0 Å². The number of rotatable bonds is 4. The van der Waals surface area contributed by atoms with Crippen molar-refractivity contribution in [1.82, 2.24) is 5.32 Å². The Bertz CT molecular complexity index is 533. The summed E-state index contributed by atoms with van der Waals surface area (Å²) in [6, 6.07) is 2.35. The number of aromatic hydroxyl groups is 1. The van der Waals surface area contributed by atoms with Crippen LogP contribution in [0, 0.1) is 5.82 Å². The average molecular weight is 313 g/mol. The van der Waals surface area contributed by atoms with Crippen LogP contribution in [0.25, 0.3) is 0 Å². The van der Waals surface area contributed by atoms with E-state index >= 15 is 0 Å². The molecule has 0 aliphatic heterocycles. The number of carbonyl (C=O) groups is 2. The van der Waals surface area contributed by atoms with Crippen LogP contribution in [0.15, 0.2) is 18.2 Å². The van der Waals surface area contributed by atoms with Gasteiger partial charge in [-0.05, 0) is 38.5 Å². The van der Waals surface area contributed by atoms with Gasteiger partial charge in [-0.15, -0.1) is 0 Å². The van der Waals surface area contributed by atoms with Crippen molar-refractivity contribution in [3.8, 4) is 5.75 Å². The number of ether oxygens (including phenoxy) is 2. The first-order valence-electron chi connectivity index (χ1n) is 6.66. The molecule has 2 N–H and O–H groups in total. The highest BCUT2D eigenvalue weighted by Gasteiger charge is 2.25. The van der Waals surface area contributed by atoms with E-state index in [4.69, 9.17) is 4.74 Å². The molecule has 0 heterocycles. The average Bonchev–Trinajstić information content (AvgIpc) is 2.33. The standard InChI is InChI=1S/C15H20FNO5/c1-15(2,3)22-14(20)17-12(13(19)21-4)7-9-5-10(16)8-11(18)6-9/h5-6,8,12,18H,7H2,1-4H3,(H,17,20)/t12-/m0/s1. The number of alkyl carbamates (subject to hydrolysis) is 1. The minimum absolute atomic E-state index is 0.0444. The van der Waals surface area contributed by atoms with Crippen molar-refractivity contribution in [2.75, 3.05) is 7.11 Å². The molecule has 0 unspecified atom stereocenters. The zero-order valence-corrected chi connectivity index (χ0v) is 13.0. The number of esters is 1. The van der Waals surface area contributed by atoms with Gasteiger partial charge in [-0.25, -0.2) is 14.0 Å². The summed E-state index contributed by atoms with van der Waals surface area (Å²) in [7, 11) is 1.18. The number of halogens is 1. The second-order valence-electron chi connectivity index (χ2n) is 5.74. The summed E-state index contributed by atoms with van der Waals surface area (Å²) in [5, 5.41) is 11.7. The van der Waals surface area contributed by atoms with Gasteiger partial charge in [-0.2, -0.15) is 0 Å². The van der Waals surface area contributed by atoms with E-state index in [1.165, 1.54) is 13.2 Å². The first-order valence-corrected chi connectivity index (χ1v) is 6.66. The lowest BCUT2D eigenvalue weighted by atomic mass is 10.1. The van der Waals surface area contributed by atoms with E-state index in [1.54, 1.807) is 20.8 Å². The Balaban J connectivity index is 2.85. The summed E-state index contributed by atoms with van der Waals surface area (Å²) >= 11 is 0. The number of phenols is 1. The molecule has 1 rings (SSSR count). The molecule has 0 aromatic heterocycles. The van der Waals surface area contributed by atoms with Crippen LogP contribution in [-0.2, 0) is 20.7 Å². The number of benzene rings is 1. The predicted molar refractivity (Wildman–Crippen MR) is 76.9 cm³/mol. The highest BCUT2D eigenvalue weighted by Crippen LogP contribution is 2.16. The zero-order chi connectivity index (χ0) is 16.9. The Morgan fingerprint density at radius 3 is 2.45 bits per heavy atom. The van der Waals surface area contributed by atoms with Crippen LogP contribution >= 0.6 is 0 Å². The lowest BCUT2D eigenvalue weighted by molar-refractivity contribution is -0.143. The molecule has 22 heavy (non-hydrogen) atoms. The number of hydrogen-bond donors (Lipinski definition) is 2. The fourth-order valence-electron chi connectivity index (χ4n) is 1.77. The summed E-state index contributed by atoms with van der Waals surface area (Å²) in [6.45, 7) is 5.05. The molecule has 0 spiro atoms. The molecule has 0 bridgehead atoms. The van der Waals surface area contributed by atoms with Gasteiger partial charge in [-0.1, -0.05) is 0 Å². The second kappa shape index (κ2) is 7.11. The molecule has 1 atom stereocenters. The van der Waals surface area contributed by atoms with Crippen molar-refractivity contribution in [2.24, 2.45) is 0 Å². The molecular formula is C15H20FNO5. The molecule has 0 aliphatic rings. The third kappa shape index (κ3) is 5.99. The lowest BCUT2D eigenvalue weighted by Gasteiger charge is -2.22. The Morgan fingerprint density at radius 2 is 1.95 bits per heavy atom. The van der Waals surface area contributed by atoms with Crippen LogP contribution < -0.4 is 5.32 Å². The quantitative estimate of drug-likeness (QED) is 0.832. The van der Waals surface area contributed by atoms with E-state index in [0.29, 0.717) is 5.56 Å². The largest absolute Gasteiger partial charge is 0.508 e. The Morgan fingerprint density at radius 1 is 1.32 bits per heavy atom. The van der Waals surface area contributed by atoms with E-state index in [9.17, 15) is 19.1 Å². The fourth-order valence-corrected chi connectivity index (χ4v) is 1.77. The van der Waals surface area contributed by atoms with Crippen molar-refractivity contribution in [2.45, 2.75) is 38.8 Å². The third-order valence-corrected chi connectivity index (χ3v) is 2.56. The van der Waals surface area contributed by atoms with Gasteiger partial charge in [0.05, 0.1) is 7.11 Å². The molecule has 1 aromatic carbocycles. The zero-order valence-electron chi connectivity index (χ0n) is 13.0. The first-order chi connectivity index (χ1) is 10.1. The molecule has 122 valence electrons. The summed E-state index contributed by atoms with van der Waals surface area (Å²) in [4.78, 5) is 23.5. The predicted octanol–water partition coefficient (Wildman–Crippen LogP) is 2.14. The fraction of sp³-hybridized carbons (Fsp3) is 0.467. The molecule has 0 saturated heterocycles. The Kier molecular flexibility index (Phi) is 5.73. The van der Waals surface area contributed by atoms with E-state index < -0.39 is 29.5 Å². The van der Waals surface area contributed by atoms with Crippen molar-refractivity contribution < 1.29 is 28.6 Å². The first kappa shape index (κ1) is 17.7. The molecule has 0 radical (unpaired) electrons. The van der Waals surface area contributed by atoms with Crippen molar-refractivity contribution in [3.63, 3.8) is 0 Å². The number of phenolic OH excluding ortho intramolecular Hbond substituents is 1. The van der Waals surface area contributed by atoms with E-state index in [1.807, 2.05) is 0 Å². The normalized spacial score (nSPS) is 12.4. The molecule has 6 nitrogen and oxygen atoms in total. The maximum absolute atomic E-state index is 13.3. The molecule has 1 amide bonds. The molecule has 7 heteroatoms. The van der Waals surface area contributed by atoms with Crippen molar-refractivity contribution >= 4 is 12.1 Å². The van der Waals surface area contributed by atoms with Crippen LogP contribution in [0.5, 0.6) is 5.75 Å². The van der Waals surface area contributed by atoms with Gasteiger partial charge < -0.3 is 19.9 Å². The number of hydrogen-bond acceptors (Lipinski definition) is 5. The smallest absolute Gasteiger partial charge is 0.408 e. The van der Waals surface area contributed by atoms with Crippen LogP contribution in [0.2, 0.25) is 0 Å². The van der Waals surface area contributed by atoms with E-state index in [-0.39, 0.29) is 12.2 Å². The summed E-state index contributed by atoms with van der Waals surface area (Å²) in [5.41, 5.74) is -0.383. The van der Waals surface area contributed by atoms with Crippen LogP contribution in [0.1, 0.15) is 26.3 Å². The number of amides is 1. The monoisotopic (exact) mass is 313 g/mol. The maximum atomic E-state index is 13.3. The number of carbonyl (C=O) groups excluding carboxylic acids is 2. The van der Waals surface area contributed by atoms with E-state index in [0.717, 1.165) is 12.1 Å². The number of nitrogens with one attached hydrogen (secondary N) is 1. The van der Waals surface area contributed by atoms with Crippen LogP contribution in [-0.4, -0.2) is 35.9 Å². The molecular weight excluding hydrogens is 293 g/mol. The topological polar surface area (TPSA) is 84.9 Å². The van der Waals surface area contributed by atoms with Crippen LogP contribution in [0.4, 0.5) is 9.18 Å². The SMILES string of the molecule is COC(=O)[C@H](Cc1cc(O)cc(F)c1)NC(=O)OC(C)(C)C. The van der Waals surface area contributed by atoms with E-state index in [2.05, 4.69) is 10.1 Å². The Hall–Kier alpha value is -2.31. The van der Waals surface area contributed by atoms with Crippen molar-refractivity contribution in [1.29, 1.82) is 0 Å². The summed E-state index contributed by atoms with van der Waals surface area (Å²) in [6.07, 6.45) is -0.833. The number of methoxy groups -OCH3 is 1. The lowest BCUT2D eigenvalue weighted by Crippen LogP contribution is -2.45. The highest BCUT2D eigenvalue weighted by atomic mass is 19.1. The Labute approximate surface area is 128 Å². The highest BCUT2D eigenvalue weighted by molar-refractivity contribution is 5.81. The van der Waals surface area contributed by atoms with Crippen molar-refractivity contribution in [3.05, 3.63) is 29.6 Å². The van der Waals surface area contributed by atoms with Gasteiger partial charge in [0, 0.05) is 12.5 Å². The maximum Gasteiger partial charge on any atom is 0.408 e. The second-order valence-corrected chi connectivity index (χ2v) is 5.74.